The van der Waals surface area contributed by atoms with E-state index >= 15 is 0 Å². The number of morpholine rings is 1. The second-order valence-electron chi connectivity index (χ2n) is 9.52. The number of aliphatic imine (C=N–C) groups is 1. The third-order valence-corrected chi connectivity index (χ3v) is 7.42. The Morgan fingerprint density at radius 3 is 2.27 bits per heavy atom. The summed E-state index contributed by atoms with van der Waals surface area (Å²) in [5, 5.41) is 3.50. The number of likely N-dealkylation sites (tertiary alicyclic amines) is 1. The number of rotatable bonds is 5. The van der Waals surface area contributed by atoms with Gasteiger partial charge in [-0.15, -0.1) is 24.0 Å². The molecule has 184 valence electrons. The Morgan fingerprint density at radius 2 is 1.64 bits per heavy atom. The van der Waals surface area contributed by atoms with E-state index in [4.69, 9.17) is 9.73 Å². The van der Waals surface area contributed by atoms with Crippen LogP contribution in [0.25, 0.3) is 0 Å². The molecule has 0 spiro atoms. The molecule has 0 radical (unpaired) electrons. The Kier molecular flexibility index (Phi) is 10.8. The van der Waals surface area contributed by atoms with E-state index in [-0.39, 0.29) is 29.9 Å². The van der Waals surface area contributed by atoms with Crippen LogP contribution in [0.4, 0.5) is 0 Å². The minimum absolute atomic E-state index is 0. The number of halogens is 1. The highest BCUT2D eigenvalue weighted by Crippen LogP contribution is 2.35. The maximum absolute atomic E-state index is 12.8. The van der Waals surface area contributed by atoms with Crippen molar-refractivity contribution in [3.05, 3.63) is 35.9 Å². The number of nitrogens with one attached hydrogen (secondary N) is 1. The molecule has 0 bridgehead atoms. The van der Waals surface area contributed by atoms with E-state index in [1.54, 1.807) is 0 Å². The van der Waals surface area contributed by atoms with E-state index in [1.807, 2.05) is 4.90 Å². The lowest BCUT2D eigenvalue weighted by Crippen LogP contribution is -2.50. The number of amides is 1. The first-order valence-electron chi connectivity index (χ1n) is 12.7. The molecular formula is C26H41IN4O2. The van der Waals surface area contributed by atoms with Crippen molar-refractivity contribution >= 4 is 35.8 Å². The van der Waals surface area contributed by atoms with Gasteiger partial charge in [-0.25, -0.2) is 0 Å². The zero-order chi connectivity index (χ0) is 22.2. The highest BCUT2D eigenvalue weighted by atomic mass is 127. The predicted molar refractivity (Wildman–Crippen MR) is 144 cm³/mol. The molecule has 1 aliphatic carbocycles. The van der Waals surface area contributed by atoms with Gasteiger partial charge >= 0.3 is 0 Å². The normalized spacial score (nSPS) is 24.8. The molecule has 1 aromatic carbocycles. The van der Waals surface area contributed by atoms with Crippen LogP contribution in [-0.4, -0.2) is 74.1 Å². The molecule has 1 aromatic rings. The molecule has 1 amide bonds. The van der Waals surface area contributed by atoms with Crippen molar-refractivity contribution in [3.8, 4) is 0 Å². The van der Waals surface area contributed by atoms with Gasteiger partial charge in [0.15, 0.2) is 5.96 Å². The summed E-state index contributed by atoms with van der Waals surface area (Å²) in [4.78, 5) is 22.2. The molecule has 0 unspecified atom stereocenters. The molecule has 6 nitrogen and oxygen atoms in total. The first-order chi connectivity index (χ1) is 15.7. The van der Waals surface area contributed by atoms with Gasteiger partial charge in [0, 0.05) is 45.2 Å². The van der Waals surface area contributed by atoms with Crippen molar-refractivity contribution in [3.63, 3.8) is 0 Å². The van der Waals surface area contributed by atoms with Crippen molar-refractivity contribution in [2.45, 2.75) is 51.4 Å². The molecule has 3 fully saturated rings. The Bertz CT molecular complexity index is 738. The number of hydrogen-bond donors (Lipinski definition) is 1. The second-order valence-corrected chi connectivity index (χ2v) is 9.52. The highest BCUT2D eigenvalue weighted by molar-refractivity contribution is 14.0. The first kappa shape index (κ1) is 26.3. The number of nitrogens with zero attached hydrogens (tertiary/aromatic N) is 3. The van der Waals surface area contributed by atoms with Crippen LogP contribution in [0.3, 0.4) is 0 Å². The van der Waals surface area contributed by atoms with Gasteiger partial charge in [0.2, 0.25) is 5.91 Å². The summed E-state index contributed by atoms with van der Waals surface area (Å²) in [5.74, 6) is 2.91. The Hall–Kier alpha value is -1.35. The largest absolute Gasteiger partial charge is 0.378 e. The average Bonchev–Trinajstić information content (AvgIpc) is 2.87. The molecule has 33 heavy (non-hydrogen) atoms. The van der Waals surface area contributed by atoms with Gasteiger partial charge < -0.3 is 19.9 Å². The summed E-state index contributed by atoms with van der Waals surface area (Å²) in [6, 6.07) is 11.0. The number of benzene rings is 1. The fourth-order valence-corrected chi connectivity index (χ4v) is 5.43. The quantitative estimate of drug-likeness (QED) is 0.330. The van der Waals surface area contributed by atoms with Crippen molar-refractivity contribution in [1.82, 2.24) is 15.1 Å². The maximum Gasteiger partial charge on any atom is 0.225 e. The third kappa shape index (κ3) is 7.31. The molecule has 0 aromatic heterocycles. The number of piperidine rings is 1. The van der Waals surface area contributed by atoms with E-state index in [0.29, 0.717) is 31.0 Å². The molecule has 0 atom stereocenters. The van der Waals surface area contributed by atoms with Crippen LogP contribution in [-0.2, 0) is 9.53 Å². The zero-order valence-electron chi connectivity index (χ0n) is 20.1. The number of carbonyl (C=O) groups excluding carboxylic acids is 1. The van der Waals surface area contributed by atoms with Gasteiger partial charge in [-0.05, 0) is 62.8 Å². The van der Waals surface area contributed by atoms with Crippen LogP contribution in [0.15, 0.2) is 35.3 Å². The van der Waals surface area contributed by atoms with E-state index < -0.39 is 0 Å². The van der Waals surface area contributed by atoms with Crippen LogP contribution < -0.4 is 5.32 Å². The smallest absolute Gasteiger partial charge is 0.225 e. The van der Waals surface area contributed by atoms with Crippen LogP contribution >= 0.6 is 24.0 Å². The lowest BCUT2D eigenvalue weighted by atomic mass is 9.79. The molecule has 1 saturated carbocycles. The van der Waals surface area contributed by atoms with Crippen LogP contribution in [0, 0.1) is 11.8 Å². The van der Waals surface area contributed by atoms with Crippen molar-refractivity contribution < 1.29 is 9.53 Å². The molecule has 2 aliphatic heterocycles. The molecule has 4 rings (SSSR count). The summed E-state index contributed by atoms with van der Waals surface area (Å²) >= 11 is 0. The minimum Gasteiger partial charge on any atom is -0.378 e. The maximum atomic E-state index is 12.8. The Labute approximate surface area is 216 Å². The summed E-state index contributed by atoms with van der Waals surface area (Å²) in [6.45, 7) is 8.59. The minimum atomic E-state index is 0. The number of hydrogen-bond acceptors (Lipinski definition) is 3. The SMILES string of the molecule is CCNC(=NCC1CCC(c2ccccc2)CC1)N1CCC(C(=O)N2CCOCC2)CC1.I. The van der Waals surface area contributed by atoms with Gasteiger partial charge in [0.1, 0.15) is 0 Å². The second kappa shape index (κ2) is 13.5. The van der Waals surface area contributed by atoms with Crippen LogP contribution in [0.5, 0.6) is 0 Å². The van der Waals surface area contributed by atoms with Crippen LogP contribution in [0.1, 0.15) is 56.9 Å². The number of carbonyl (C=O) groups is 1. The van der Waals surface area contributed by atoms with Gasteiger partial charge in [0.25, 0.3) is 0 Å². The van der Waals surface area contributed by atoms with Crippen molar-refractivity contribution in [1.29, 1.82) is 0 Å². The van der Waals surface area contributed by atoms with Gasteiger partial charge in [0.05, 0.1) is 13.2 Å². The topological polar surface area (TPSA) is 57.2 Å². The van der Waals surface area contributed by atoms with Gasteiger partial charge in [-0.3, -0.25) is 9.79 Å². The fourth-order valence-electron chi connectivity index (χ4n) is 5.43. The first-order valence-corrected chi connectivity index (χ1v) is 12.7. The highest BCUT2D eigenvalue weighted by Gasteiger charge is 2.30. The standard InChI is InChI=1S/C26H40N4O2.HI/c1-2-27-26(28-20-21-8-10-23(11-9-21)22-6-4-3-5-7-22)30-14-12-24(13-15-30)25(31)29-16-18-32-19-17-29;/h3-7,21,23-24H,2,8-20H2,1H3,(H,27,28);1H. The van der Waals surface area contributed by atoms with E-state index in [9.17, 15) is 4.79 Å². The van der Waals surface area contributed by atoms with Crippen molar-refractivity contribution in [2.24, 2.45) is 16.8 Å². The molecule has 2 saturated heterocycles. The third-order valence-electron chi connectivity index (χ3n) is 7.42. The molecule has 7 heteroatoms. The van der Waals surface area contributed by atoms with E-state index in [2.05, 4.69) is 47.5 Å². The fraction of sp³-hybridized carbons (Fsp3) is 0.692. The summed E-state index contributed by atoms with van der Waals surface area (Å²) in [6.07, 6.45) is 6.91. The lowest BCUT2D eigenvalue weighted by molar-refractivity contribution is -0.140. The Balaban J connectivity index is 0.00000306. The van der Waals surface area contributed by atoms with E-state index in [1.165, 1.54) is 31.2 Å². The predicted octanol–water partition coefficient (Wildman–Crippen LogP) is 4.11. The van der Waals surface area contributed by atoms with Crippen LogP contribution in [0.2, 0.25) is 0 Å². The molecule has 1 N–H and O–H groups in total. The molecular weight excluding hydrogens is 527 g/mol. The molecule has 3 aliphatic rings. The number of guanidine groups is 1. The lowest BCUT2D eigenvalue weighted by Gasteiger charge is -2.37. The monoisotopic (exact) mass is 568 g/mol. The zero-order valence-corrected chi connectivity index (χ0v) is 22.4. The van der Waals surface area contributed by atoms with Crippen molar-refractivity contribution in [2.75, 3.05) is 52.5 Å². The van der Waals surface area contributed by atoms with Gasteiger partial charge in [-0.2, -0.15) is 0 Å². The summed E-state index contributed by atoms with van der Waals surface area (Å²) < 4.78 is 5.39. The van der Waals surface area contributed by atoms with Gasteiger partial charge in [-0.1, -0.05) is 30.3 Å². The number of ether oxygens (including phenoxy) is 1. The average molecular weight is 569 g/mol. The Morgan fingerprint density at radius 1 is 0.970 bits per heavy atom. The molecule has 2 heterocycles. The summed E-state index contributed by atoms with van der Waals surface area (Å²) in [5.41, 5.74) is 1.50. The summed E-state index contributed by atoms with van der Waals surface area (Å²) in [7, 11) is 0. The van der Waals surface area contributed by atoms with E-state index in [0.717, 1.165) is 58.1 Å².